The van der Waals surface area contributed by atoms with Crippen molar-refractivity contribution in [2.45, 2.75) is 59.9 Å². The van der Waals surface area contributed by atoms with Gasteiger partial charge in [0.25, 0.3) is 0 Å². The van der Waals surface area contributed by atoms with Crippen LogP contribution in [0.3, 0.4) is 0 Å². The number of hydrogen-bond donors (Lipinski definition) is 0. The highest BCUT2D eigenvalue weighted by molar-refractivity contribution is 7.19. The third-order valence-electron chi connectivity index (χ3n) is 6.64. The highest BCUT2D eigenvalue weighted by atomic mass is 32.1. The number of rotatable bonds is 2. The third-order valence-corrected chi connectivity index (χ3v) is 7.64. The number of benzene rings is 1. The summed E-state index contributed by atoms with van der Waals surface area (Å²) in [5, 5.41) is 1.14. The molecule has 3 nitrogen and oxygen atoms in total. The van der Waals surface area contributed by atoms with Crippen molar-refractivity contribution < 1.29 is 4.39 Å². The Hall–Kier alpha value is -2.01. The van der Waals surface area contributed by atoms with Crippen molar-refractivity contribution in [3.05, 3.63) is 40.8 Å². The van der Waals surface area contributed by atoms with Crippen molar-refractivity contribution in [1.82, 2.24) is 9.97 Å². The maximum Gasteiger partial charge on any atom is 0.142 e. The smallest absolute Gasteiger partial charge is 0.142 e. The number of aromatic nitrogens is 2. The Morgan fingerprint density at radius 3 is 2.52 bits per heavy atom. The standard InChI is InChI=1S/C24H28FN3S/c1-14-19(16-6-8-17(25)9-7-16)20-21(26-15(2)27-22(20)29-14)28-13-24(5)11-18(28)10-23(3,4)12-24/h6-9,18H,10-13H2,1-5H3. The zero-order valence-corrected chi connectivity index (χ0v) is 18.7. The van der Waals surface area contributed by atoms with E-state index in [1.165, 1.54) is 24.1 Å². The maximum absolute atomic E-state index is 13.6. The Morgan fingerprint density at radius 2 is 1.79 bits per heavy atom. The minimum Gasteiger partial charge on any atom is -0.352 e. The number of halogens is 1. The van der Waals surface area contributed by atoms with E-state index < -0.39 is 0 Å². The minimum atomic E-state index is -0.207. The van der Waals surface area contributed by atoms with Gasteiger partial charge in [-0.2, -0.15) is 0 Å². The van der Waals surface area contributed by atoms with Gasteiger partial charge in [0.15, 0.2) is 0 Å². The predicted molar refractivity (Wildman–Crippen MR) is 119 cm³/mol. The SMILES string of the molecule is Cc1nc(N2CC3(C)CC2CC(C)(C)C3)c2c(-c3ccc(F)cc3)c(C)sc2n1. The summed E-state index contributed by atoms with van der Waals surface area (Å²) < 4.78 is 13.6. The van der Waals surface area contributed by atoms with Gasteiger partial charge in [-0.25, -0.2) is 14.4 Å². The second-order valence-corrected chi connectivity index (χ2v) is 11.4. The highest BCUT2D eigenvalue weighted by Gasteiger charge is 2.50. The van der Waals surface area contributed by atoms with Gasteiger partial charge in [-0.1, -0.05) is 32.9 Å². The summed E-state index contributed by atoms with van der Waals surface area (Å²) in [4.78, 5) is 14.6. The maximum atomic E-state index is 13.6. The molecule has 1 aliphatic heterocycles. The first kappa shape index (κ1) is 19.0. The molecule has 0 spiro atoms. The van der Waals surface area contributed by atoms with Crippen LogP contribution < -0.4 is 4.90 Å². The zero-order chi connectivity index (χ0) is 20.6. The number of hydrogen-bond acceptors (Lipinski definition) is 4. The number of nitrogens with zero attached hydrogens (tertiary/aromatic N) is 3. The summed E-state index contributed by atoms with van der Waals surface area (Å²) in [5.74, 6) is 1.69. The molecule has 2 fully saturated rings. The van der Waals surface area contributed by atoms with Crippen LogP contribution >= 0.6 is 11.3 Å². The van der Waals surface area contributed by atoms with E-state index in [1.807, 2.05) is 19.1 Å². The first-order valence-electron chi connectivity index (χ1n) is 10.4. The molecule has 5 heteroatoms. The largest absolute Gasteiger partial charge is 0.352 e. The molecule has 2 bridgehead atoms. The summed E-state index contributed by atoms with van der Waals surface area (Å²) in [7, 11) is 0. The number of anilines is 1. The lowest BCUT2D eigenvalue weighted by molar-refractivity contribution is 0.136. The topological polar surface area (TPSA) is 29.0 Å². The molecule has 1 aliphatic carbocycles. The van der Waals surface area contributed by atoms with Crippen LogP contribution in [0.4, 0.5) is 10.2 Å². The van der Waals surface area contributed by atoms with Gasteiger partial charge < -0.3 is 4.90 Å². The van der Waals surface area contributed by atoms with Gasteiger partial charge >= 0.3 is 0 Å². The summed E-state index contributed by atoms with van der Waals surface area (Å²) in [5.41, 5.74) is 2.89. The predicted octanol–water partition coefficient (Wildman–Crippen LogP) is 6.52. The fourth-order valence-corrected chi connectivity index (χ4v) is 7.16. The Balaban J connectivity index is 1.71. The fraction of sp³-hybridized carbons (Fsp3) is 0.500. The van der Waals surface area contributed by atoms with Crippen molar-refractivity contribution in [3.8, 4) is 11.1 Å². The average Bonchev–Trinajstić information content (AvgIpc) is 3.06. The van der Waals surface area contributed by atoms with Gasteiger partial charge in [0.1, 0.15) is 22.3 Å². The van der Waals surface area contributed by atoms with E-state index in [4.69, 9.17) is 9.97 Å². The summed E-state index contributed by atoms with van der Waals surface area (Å²) in [6, 6.07) is 7.35. The van der Waals surface area contributed by atoms with Crippen LogP contribution in [0.2, 0.25) is 0 Å². The van der Waals surface area contributed by atoms with E-state index in [9.17, 15) is 4.39 Å². The Kier molecular flexibility index (Phi) is 4.09. The average molecular weight is 410 g/mol. The van der Waals surface area contributed by atoms with Crippen molar-refractivity contribution in [3.63, 3.8) is 0 Å². The van der Waals surface area contributed by atoms with Gasteiger partial charge in [0.2, 0.25) is 0 Å². The fourth-order valence-electron chi connectivity index (χ4n) is 6.08. The summed E-state index contributed by atoms with van der Waals surface area (Å²) in [6.07, 6.45) is 3.69. The summed E-state index contributed by atoms with van der Waals surface area (Å²) in [6.45, 7) is 12.4. The highest BCUT2D eigenvalue weighted by Crippen LogP contribution is 2.54. The molecule has 2 aromatic heterocycles. The van der Waals surface area contributed by atoms with Crippen molar-refractivity contribution in [1.29, 1.82) is 0 Å². The molecule has 2 aliphatic rings. The molecule has 29 heavy (non-hydrogen) atoms. The molecule has 5 rings (SSSR count). The van der Waals surface area contributed by atoms with Gasteiger partial charge in [-0.3, -0.25) is 0 Å². The Morgan fingerprint density at radius 1 is 1.07 bits per heavy atom. The Labute approximate surface area is 176 Å². The lowest BCUT2D eigenvalue weighted by Gasteiger charge is -2.39. The van der Waals surface area contributed by atoms with E-state index in [0.29, 0.717) is 16.9 Å². The molecular weight excluding hydrogens is 381 g/mol. The number of aryl methyl sites for hydroxylation is 2. The molecule has 0 amide bonds. The zero-order valence-electron chi connectivity index (χ0n) is 17.8. The lowest BCUT2D eigenvalue weighted by Crippen LogP contribution is -2.35. The van der Waals surface area contributed by atoms with Crippen LogP contribution in [-0.2, 0) is 0 Å². The van der Waals surface area contributed by atoms with Crippen LogP contribution in [-0.4, -0.2) is 22.6 Å². The first-order valence-corrected chi connectivity index (χ1v) is 11.3. The van der Waals surface area contributed by atoms with Crippen LogP contribution in [0.15, 0.2) is 24.3 Å². The molecule has 0 N–H and O–H groups in total. The van der Waals surface area contributed by atoms with E-state index in [2.05, 4.69) is 32.6 Å². The van der Waals surface area contributed by atoms with Crippen LogP contribution in [0.1, 0.15) is 50.7 Å². The summed E-state index contributed by atoms with van der Waals surface area (Å²) >= 11 is 1.72. The van der Waals surface area contributed by atoms with Gasteiger partial charge in [-0.15, -0.1) is 11.3 Å². The van der Waals surface area contributed by atoms with E-state index in [-0.39, 0.29) is 5.82 Å². The van der Waals surface area contributed by atoms with Gasteiger partial charge in [-0.05, 0) is 61.6 Å². The molecule has 1 saturated carbocycles. The van der Waals surface area contributed by atoms with Crippen molar-refractivity contribution in [2.75, 3.05) is 11.4 Å². The minimum absolute atomic E-state index is 0.207. The van der Waals surface area contributed by atoms with Gasteiger partial charge in [0, 0.05) is 23.0 Å². The van der Waals surface area contributed by atoms with E-state index >= 15 is 0 Å². The van der Waals surface area contributed by atoms with Crippen molar-refractivity contribution in [2.24, 2.45) is 10.8 Å². The molecule has 1 saturated heterocycles. The molecule has 0 radical (unpaired) electrons. The third kappa shape index (κ3) is 3.14. The molecular formula is C24H28FN3S. The van der Waals surface area contributed by atoms with Crippen LogP contribution in [0.5, 0.6) is 0 Å². The van der Waals surface area contributed by atoms with Crippen LogP contribution in [0.25, 0.3) is 21.3 Å². The quantitative estimate of drug-likeness (QED) is 0.482. The molecule has 3 heterocycles. The normalized spacial score (nSPS) is 25.7. The second-order valence-electron chi connectivity index (χ2n) is 10.2. The molecule has 2 unspecified atom stereocenters. The molecule has 3 aromatic rings. The molecule has 152 valence electrons. The van der Waals surface area contributed by atoms with Gasteiger partial charge in [0.05, 0.1) is 5.39 Å². The monoisotopic (exact) mass is 409 g/mol. The van der Waals surface area contributed by atoms with Crippen molar-refractivity contribution >= 4 is 27.4 Å². The number of fused-ring (bicyclic) bond motifs is 3. The Bertz CT molecular complexity index is 1100. The second kappa shape index (κ2) is 6.24. The lowest BCUT2D eigenvalue weighted by atomic mass is 9.65. The van der Waals surface area contributed by atoms with E-state index in [1.54, 1.807) is 23.5 Å². The first-order chi connectivity index (χ1) is 13.6. The number of thiophene rings is 1. The molecule has 2 atom stereocenters. The van der Waals surface area contributed by atoms with E-state index in [0.717, 1.165) is 39.5 Å². The molecule has 1 aromatic carbocycles. The van der Waals surface area contributed by atoms with Crippen LogP contribution in [0, 0.1) is 30.5 Å².